The first-order valence-corrected chi connectivity index (χ1v) is 11.5. The molecule has 1 aliphatic rings. The van der Waals surface area contributed by atoms with E-state index in [0.29, 0.717) is 4.57 Å². The molecule has 0 unspecified atom stereocenters. The molecule has 1 fully saturated rings. The normalized spacial score (nSPS) is 22.7. The van der Waals surface area contributed by atoms with E-state index >= 15 is 0 Å². The highest BCUT2D eigenvalue weighted by Gasteiger charge is 2.59. The van der Waals surface area contributed by atoms with Crippen molar-refractivity contribution in [3.05, 3.63) is 22.7 Å². The SMILES string of the molecule is CC(C)[C@H](NC(=O)OC(C)(C)C)C(=O)N[C@@H](C)C(=O)Nc1ccn([C@@H]2O[C@H](CO)[C@@H](O)C2(F)F)c(=O)n1. The number of aliphatic hydroxyl groups is 2. The number of alkyl carbamates (subject to hydrolysis) is 1. The minimum absolute atomic E-state index is 0.291. The summed E-state index contributed by atoms with van der Waals surface area (Å²) in [6, 6.07) is -1.10. The van der Waals surface area contributed by atoms with E-state index in [0.717, 1.165) is 12.3 Å². The lowest BCUT2D eigenvalue weighted by Crippen LogP contribution is -2.54. The molecule has 0 aliphatic carbocycles. The molecular formula is C22H33F2N5O8. The second-order valence-electron chi connectivity index (χ2n) is 9.92. The molecule has 208 valence electrons. The Balaban J connectivity index is 2.05. The Labute approximate surface area is 211 Å². The number of ether oxygens (including phenoxy) is 2. The molecule has 5 N–H and O–H groups in total. The van der Waals surface area contributed by atoms with Gasteiger partial charge in [0.25, 0.3) is 0 Å². The standard InChI is InChI=1S/C22H33F2N5O8/c1-10(2)14(28-20(35)37-21(4,5)6)17(33)25-11(3)16(32)26-13-7-8-29(19(34)27-13)18-22(23,24)15(31)12(9-30)36-18/h7-8,10-12,14-15,18,30-31H,9H2,1-6H3,(H,25,33)(H,28,35)(H,26,27,32,34)/t11-,12+,14-,15+,18+/m0/s1. The molecule has 1 saturated heterocycles. The number of hydrogen-bond acceptors (Lipinski definition) is 9. The van der Waals surface area contributed by atoms with Crippen LogP contribution in [0.15, 0.2) is 17.1 Å². The Bertz CT molecular complexity index is 1060. The molecule has 3 amide bonds. The summed E-state index contributed by atoms with van der Waals surface area (Å²) in [6.45, 7) is 8.82. The summed E-state index contributed by atoms with van der Waals surface area (Å²) in [5.74, 6) is -5.97. The van der Waals surface area contributed by atoms with Crippen LogP contribution in [-0.4, -0.2) is 80.1 Å². The van der Waals surface area contributed by atoms with E-state index in [-0.39, 0.29) is 11.7 Å². The summed E-state index contributed by atoms with van der Waals surface area (Å²) in [5, 5.41) is 25.9. The smallest absolute Gasteiger partial charge is 0.408 e. The number of rotatable bonds is 8. The van der Waals surface area contributed by atoms with E-state index in [1.165, 1.54) is 6.92 Å². The predicted molar refractivity (Wildman–Crippen MR) is 125 cm³/mol. The second-order valence-corrected chi connectivity index (χ2v) is 9.92. The summed E-state index contributed by atoms with van der Waals surface area (Å²) in [4.78, 5) is 53.2. The van der Waals surface area contributed by atoms with Gasteiger partial charge in [0.05, 0.1) is 6.61 Å². The lowest BCUT2D eigenvalue weighted by Gasteiger charge is -2.26. The maximum absolute atomic E-state index is 14.3. The van der Waals surface area contributed by atoms with Crippen molar-refractivity contribution in [1.29, 1.82) is 0 Å². The van der Waals surface area contributed by atoms with E-state index in [1.807, 2.05) is 0 Å². The second kappa shape index (κ2) is 11.5. The average molecular weight is 534 g/mol. The fourth-order valence-corrected chi connectivity index (χ4v) is 3.35. The number of anilines is 1. The number of halogens is 2. The van der Waals surface area contributed by atoms with Gasteiger partial charge in [-0.3, -0.25) is 14.2 Å². The molecule has 13 nitrogen and oxygen atoms in total. The highest BCUT2D eigenvalue weighted by Crippen LogP contribution is 2.41. The minimum Gasteiger partial charge on any atom is -0.444 e. The Kier molecular flexibility index (Phi) is 9.32. The van der Waals surface area contributed by atoms with Crippen molar-refractivity contribution in [3.63, 3.8) is 0 Å². The predicted octanol–water partition coefficient (Wildman–Crippen LogP) is 0.122. The summed E-state index contributed by atoms with van der Waals surface area (Å²) >= 11 is 0. The van der Waals surface area contributed by atoms with Crippen LogP contribution in [0.5, 0.6) is 0 Å². The van der Waals surface area contributed by atoms with Gasteiger partial charge < -0.3 is 35.6 Å². The molecule has 1 aliphatic heterocycles. The zero-order chi connectivity index (χ0) is 28.3. The van der Waals surface area contributed by atoms with E-state index in [1.54, 1.807) is 34.6 Å². The summed E-state index contributed by atoms with van der Waals surface area (Å²) in [7, 11) is 0. The van der Waals surface area contributed by atoms with Gasteiger partial charge in [-0.1, -0.05) is 13.8 Å². The van der Waals surface area contributed by atoms with Crippen LogP contribution in [0.3, 0.4) is 0 Å². The summed E-state index contributed by atoms with van der Waals surface area (Å²) in [6.07, 6.45) is -6.07. The van der Waals surface area contributed by atoms with Crippen LogP contribution >= 0.6 is 0 Å². The van der Waals surface area contributed by atoms with Crippen molar-refractivity contribution in [2.75, 3.05) is 11.9 Å². The zero-order valence-electron chi connectivity index (χ0n) is 21.3. The molecule has 1 aromatic rings. The number of carbonyl (C=O) groups is 3. The van der Waals surface area contributed by atoms with Gasteiger partial charge in [-0.2, -0.15) is 13.8 Å². The fourth-order valence-electron chi connectivity index (χ4n) is 3.35. The Morgan fingerprint density at radius 3 is 2.32 bits per heavy atom. The third kappa shape index (κ3) is 7.42. The third-order valence-corrected chi connectivity index (χ3v) is 5.27. The highest BCUT2D eigenvalue weighted by atomic mass is 19.3. The number of hydrogen-bond donors (Lipinski definition) is 5. The molecule has 37 heavy (non-hydrogen) atoms. The van der Waals surface area contributed by atoms with Crippen molar-refractivity contribution >= 4 is 23.7 Å². The van der Waals surface area contributed by atoms with E-state index < -0.39 is 72.2 Å². The molecule has 0 spiro atoms. The first kappa shape index (κ1) is 30.1. The average Bonchev–Trinajstić information content (AvgIpc) is 2.99. The van der Waals surface area contributed by atoms with Crippen molar-refractivity contribution in [1.82, 2.24) is 20.2 Å². The Morgan fingerprint density at radius 1 is 1.22 bits per heavy atom. The van der Waals surface area contributed by atoms with E-state index in [4.69, 9.17) is 14.6 Å². The minimum atomic E-state index is -3.89. The molecule has 15 heteroatoms. The van der Waals surface area contributed by atoms with Crippen LogP contribution in [0.1, 0.15) is 47.8 Å². The topological polar surface area (TPSA) is 181 Å². The largest absolute Gasteiger partial charge is 0.444 e. The highest BCUT2D eigenvalue weighted by molar-refractivity contribution is 5.97. The van der Waals surface area contributed by atoms with Crippen molar-refractivity contribution in [3.8, 4) is 0 Å². The van der Waals surface area contributed by atoms with Crippen LogP contribution in [0.2, 0.25) is 0 Å². The number of carbonyl (C=O) groups excluding carboxylic acids is 3. The maximum Gasteiger partial charge on any atom is 0.408 e. The molecule has 0 bridgehead atoms. The number of aliphatic hydroxyl groups excluding tert-OH is 2. The summed E-state index contributed by atoms with van der Waals surface area (Å²) < 4.78 is 39.1. The van der Waals surface area contributed by atoms with Gasteiger partial charge in [0.15, 0.2) is 6.10 Å². The molecule has 2 heterocycles. The van der Waals surface area contributed by atoms with Crippen molar-refractivity contribution in [2.45, 2.75) is 83.6 Å². The molecule has 0 radical (unpaired) electrons. The van der Waals surface area contributed by atoms with Crippen LogP contribution in [-0.2, 0) is 19.1 Å². The van der Waals surface area contributed by atoms with Gasteiger partial charge in [0.2, 0.25) is 18.0 Å². The molecule has 1 aromatic heterocycles. The number of nitrogens with one attached hydrogen (secondary N) is 3. The van der Waals surface area contributed by atoms with E-state index in [9.17, 15) is 33.1 Å². The Morgan fingerprint density at radius 2 is 1.84 bits per heavy atom. The first-order chi connectivity index (χ1) is 17.0. The maximum atomic E-state index is 14.3. The molecule has 5 atom stereocenters. The lowest BCUT2D eigenvalue weighted by atomic mass is 10.0. The zero-order valence-corrected chi connectivity index (χ0v) is 21.3. The van der Waals surface area contributed by atoms with Gasteiger partial charge in [-0.25, -0.2) is 9.59 Å². The molecule has 2 rings (SSSR count). The van der Waals surface area contributed by atoms with Gasteiger partial charge in [-0.05, 0) is 39.7 Å². The molecule has 0 aromatic carbocycles. The summed E-state index contributed by atoms with van der Waals surface area (Å²) in [5.41, 5.74) is -2.00. The van der Waals surface area contributed by atoms with Gasteiger partial charge in [-0.15, -0.1) is 0 Å². The van der Waals surface area contributed by atoms with Crippen LogP contribution < -0.4 is 21.6 Å². The van der Waals surface area contributed by atoms with Crippen LogP contribution in [0.25, 0.3) is 0 Å². The number of nitrogens with zero attached hydrogens (tertiary/aromatic N) is 2. The lowest BCUT2D eigenvalue weighted by molar-refractivity contribution is -0.141. The number of alkyl halides is 2. The first-order valence-electron chi connectivity index (χ1n) is 11.5. The molecular weight excluding hydrogens is 500 g/mol. The van der Waals surface area contributed by atoms with Crippen molar-refractivity contribution in [2.24, 2.45) is 5.92 Å². The van der Waals surface area contributed by atoms with Crippen molar-refractivity contribution < 1.29 is 42.9 Å². The van der Waals surface area contributed by atoms with E-state index in [2.05, 4.69) is 20.9 Å². The number of amides is 3. The number of aromatic nitrogens is 2. The fraction of sp³-hybridized carbons (Fsp3) is 0.682. The third-order valence-electron chi connectivity index (χ3n) is 5.27. The van der Waals surface area contributed by atoms with Gasteiger partial charge >= 0.3 is 17.7 Å². The van der Waals surface area contributed by atoms with Gasteiger partial charge in [0, 0.05) is 6.20 Å². The van der Waals surface area contributed by atoms with Crippen LogP contribution in [0.4, 0.5) is 19.4 Å². The molecule has 0 saturated carbocycles. The van der Waals surface area contributed by atoms with Gasteiger partial charge in [0.1, 0.15) is 29.6 Å². The monoisotopic (exact) mass is 533 g/mol. The Hall–Kier alpha value is -3.17. The quantitative estimate of drug-likeness (QED) is 0.310. The van der Waals surface area contributed by atoms with Crippen LogP contribution in [0, 0.1) is 5.92 Å².